The summed E-state index contributed by atoms with van der Waals surface area (Å²) in [7, 11) is 1.21. The molecule has 2 N–H and O–H groups in total. The van der Waals surface area contributed by atoms with Crippen molar-refractivity contribution in [1.82, 2.24) is 0 Å². The third-order valence-corrected chi connectivity index (χ3v) is 3.05. The Morgan fingerprint density at radius 3 is 2.28 bits per heavy atom. The Labute approximate surface area is 109 Å². The van der Waals surface area contributed by atoms with Crippen molar-refractivity contribution in [3.8, 4) is 0 Å². The van der Waals surface area contributed by atoms with Crippen LogP contribution in [-0.4, -0.2) is 41.9 Å². The van der Waals surface area contributed by atoms with Crippen LogP contribution in [0, 0.1) is 0 Å². The fraction of sp³-hybridized carbons (Fsp3) is 0.700. The van der Waals surface area contributed by atoms with Crippen LogP contribution in [0.15, 0.2) is 0 Å². The molecule has 0 saturated carbocycles. The van der Waals surface area contributed by atoms with E-state index in [2.05, 4.69) is 14.2 Å². The lowest BCUT2D eigenvalue weighted by Crippen LogP contribution is -2.48. The summed E-state index contributed by atoms with van der Waals surface area (Å²) in [6, 6.07) is -0.978. The molecule has 7 nitrogen and oxygen atoms in total. The van der Waals surface area contributed by atoms with Gasteiger partial charge in [0.1, 0.15) is 6.04 Å². The predicted octanol–water partition coefficient (Wildman–Crippen LogP) is 0.656. The Kier molecular flexibility index (Phi) is 6.71. The molecule has 0 heterocycles. The molecule has 1 atom stereocenters. The van der Waals surface area contributed by atoms with Gasteiger partial charge in [0.15, 0.2) is 0 Å². The van der Waals surface area contributed by atoms with Crippen LogP contribution in [0.3, 0.4) is 0 Å². The first-order chi connectivity index (χ1) is 8.20. The van der Waals surface area contributed by atoms with E-state index in [0.29, 0.717) is 0 Å². The van der Waals surface area contributed by atoms with Crippen molar-refractivity contribution < 1.29 is 28.6 Å². The number of rotatable bonds is 5. The molecule has 8 heteroatoms. The van der Waals surface area contributed by atoms with Gasteiger partial charge in [0, 0.05) is 11.7 Å². The summed E-state index contributed by atoms with van der Waals surface area (Å²) < 4.78 is 12.7. The number of ether oxygens (including phenoxy) is 3. The van der Waals surface area contributed by atoms with Gasteiger partial charge in [-0.1, -0.05) is 0 Å². The quantitative estimate of drug-likeness (QED) is 0.578. The van der Waals surface area contributed by atoms with Crippen LogP contribution in [0.5, 0.6) is 0 Å². The monoisotopic (exact) mass is 279 g/mol. The first kappa shape index (κ1) is 16.7. The van der Waals surface area contributed by atoms with Crippen LogP contribution in [0.25, 0.3) is 0 Å². The lowest BCUT2D eigenvalue weighted by Gasteiger charge is -2.27. The molecular formula is C10H17NO6S. The summed E-state index contributed by atoms with van der Waals surface area (Å²) in [4.78, 5) is 33.1. The maximum absolute atomic E-state index is 11.4. The Balaban J connectivity index is 4.26. The van der Waals surface area contributed by atoms with Gasteiger partial charge in [0.2, 0.25) is 6.79 Å². The third kappa shape index (κ3) is 5.87. The number of carbonyl (C=O) groups is 3. The smallest absolute Gasteiger partial charge is 0.370 e. The molecular weight excluding hydrogens is 262 g/mol. The summed E-state index contributed by atoms with van der Waals surface area (Å²) in [5, 5.41) is -0.694. The molecule has 0 amide bonds. The molecule has 0 spiro atoms. The number of hydrogen-bond donors (Lipinski definition) is 1. The first-order valence-electron chi connectivity index (χ1n) is 5.03. The second kappa shape index (κ2) is 7.22. The van der Waals surface area contributed by atoms with E-state index >= 15 is 0 Å². The van der Waals surface area contributed by atoms with Crippen molar-refractivity contribution in [2.24, 2.45) is 5.73 Å². The summed E-state index contributed by atoms with van der Waals surface area (Å²) in [5.41, 5.74) is 5.64. The summed E-state index contributed by atoms with van der Waals surface area (Å²) >= 11 is 0.727. The van der Waals surface area contributed by atoms with Gasteiger partial charge >= 0.3 is 17.2 Å². The zero-order chi connectivity index (χ0) is 14.3. The second-order valence-electron chi connectivity index (χ2n) is 3.85. The maximum Gasteiger partial charge on any atom is 0.370 e. The molecule has 0 bridgehead atoms. The highest BCUT2D eigenvalue weighted by atomic mass is 32.2. The van der Waals surface area contributed by atoms with E-state index in [1.54, 1.807) is 13.8 Å². The lowest BCUT2D eigenvalue weighted by atomic mass is 10.1. The zero-order valence-corrected chi connectivity index (χ0v) is 11.5. The molecule has 0 aromatic heterocycles. The highest BCUT2D eigenvalue weighted by Crippen LogP contribution is 2.29. The van der Waals surface area contributed by atoms with Crippen molar-refractivity contribution in [2.45, 2.75) is 31.6 Å². The largest absolute Gasteiger partial charge is 0.468 e. The Hall–Kier alpha value is -1.28. The van der Waals surface area contributed by atoms with Gasteiger partial charge in [-0.25, -0.2) is 4.79 Å². The van der Waals surface area contributed by atoms with E-state index in [1.807, 2.05) is 0 Å². The van der Waals surface area contributed by atoms with Gasteiger partial charge in [-0.3, -0.25) is 9.59 Å². The average molecular weight is 279 g/mol. The van der Waals surface area contributed by atoms with Gasteiger partial charge in [0.25, 0.3) is 0 Å². The Morgan fingerprint density at radius 1 is 1.28 bits per heavy atom. The average Bonchev–Trinajstić information content (AvgIpc) is 2.25. The number of esters is 2. The minimum Gasteiger partial charge on any atom is -0.468 e. The van der Waals surface area contributed by atoms with E-state index in [9.17, 15) is 14.4 Å². The standard InChI is InChI=1S/C10H17NO6S/c1-6(12)16-5-17-9(14)18-10(2,3)7(11)8(13)15-4/h7H,5,11H2,1-4H3/t7-/m0/s1. The van der Waals surface area contributed by atoms with Crippen LogP contribution in [-0.2, 0) is 23.8 Å². The molecule has 0 aromatic rings. The van der Waals surface area contributed by atoms with Gasteiger partial charge in [-0.2, -0.15) is 0 Å². The number of methoxy groups -OCH3 is 1. The topological polar surface area (TPSA) is 105 Å². The van der Waals surface area contributed by atoms with Crippen molar-refractivity contribution in [1.29, 1.82) is 0 Å². The SMILES string of the molecule is COC(=O)[C@H](N)C(C)(C)SC(=O)OCOC(C)=O. The fourth-order valence-corrected chi connectivity index (χ4v) is 1.64. The van der Waals surface area contributed by atoms with Crippen LogP contribution >= 0.6 is 11.8 Å². The van der Waals surface area contributed by atoms with Crippen LogP contribution in [0.4, 0.5) is 4.79 Å². The van der Waals surface area contributed by atoms with E-state index in [-0.39, 0.29) is 0 Å². The van der Waals surface area contributed by atoms with Gasteiger partial charge in [-0.15, -0.1) is 0 Å². The molecule has 104 valence electrons. The third-order valence-electron chi connectivity index (χ3n) is 1.99. The molecule has 0 aliphatic carbocycles. The number of hydrogen-bond acceptors (Lipinski definition) is 8. The molecule has 0 unspecified atom stereocenters. The minimum absolute atomic E-state index is 0.468. The molecule has 18 heavy (non-hydrogen) atoms. The molecule has 0 aromatic carbocycles. The Bertz CT molecular complexity index is 330. The molecule has 0 radical (unpaired) electrons. The Morgan fingerprint density at radius 2 is 1.83 bits per heavy atom. The van der Waals surface area contributed by atoms with Gasteiger partial charge in [-0.05, 0) is 25.6 Å². The molecule has 0 aliphatic rings. The maximum atomic E-state index is 11.4. The van der Waals surface area contributed by atoms with Crippen molar-refractivity contribution in [2.75, 3.05) is 13.9 Å². The molecule has 0 rings (SSSR count). The molecule has 0 saturated heterocycles. The number of carbonyl (C=O) groups excluding carboxylic acids is 3. The first-order valence-corrected chi connectivity index (χ1v) is 5.85. The van der Waals surface area contributed by atoms with E-state index in [0.717, 1.165) is 11.8 Å². The van der Waals surface area contributed by atoms with Crippen molar-refractivity contribution >= 4 is 29.0 Å². The zero-order valence-electron chi connectivity index (χ0n) is 10.7. The van der Waals surface area contributed by atoms with E-state index in [1.165, 1.54) is 14.0 Å². The predicted molar refractivity (Wildman–Crippen MR) is 64.8 cm³/mol. The second-order valence-corrected chi connectivity index (χ2v) is 5.44. The minimum atomic E-state index is -0.978. The molecule has 0 aliphatic heterocycles. The molecule has 0 fully saturated rings. The summed E-state index contributed by atoms with van der Waals surface area (Å²) in [6.45, 7) is 3.93. The van der Waals surface area contributed by atoms with Crippen LogP contribution < -0.4 is 5.73 Å². The van der Waals surface area contributed by atoms with Gasteiger partial charge < -0.3 is 19.9 Å². The summed E-state index contributed by atoms with van der Waals surface area (Å²) in [6.07, 6.45) is 0. The highest BCUT2D eigenvalue weighted by molar-refractivity contribution is 8.14. The van der Waals surface area contributed by atoms with E-state index in [4.69, 9.17) is 5.73 Å². The fourth-order valence-electron chi connectivity index (χ4n) is 0.879. The lowest BCUT2D eigenvalue weighted by molar-refractivity contribution is -0.148. The van der Waals surface area contributed by atoms with Gasteiger partial charge in [0.05, 0.1) is 7.11 Å². The summed E-state index contributed by atoms with van der Waals surface area (Å²) in [5.74, 6) is -1.18. The highest BCUT2D eigenvalue weighted by Gasteiger charge is 2.36. The van der Waals surface area contributed by atoms with E-state index < -0.39 is 34.8 Å². The normalized spacial score (nSPS) is 12.5. The van der Waals surface area contributed by atoms with Crippen LogP contribution in [0.1, 0.15) is 20.8 Å². The van der Waals surface area contributed by atoms with Crippen LogP contribution in [0.2, 0.25) is 0 Å². The number of nitrogens with two attached hydrogens (primary N) is 1. The number of thioether (sulfide) groups is 1. The van der Waals surface area contributed by atoms with Crippen molar-refractivity contribution in [3.63, 3.8) is 0 Å². The van der Waals surface area contributed by atoms with Crippen molar-refractivity contribution in [3.05, 3.63) is 0 Å².